The second-order valence-corrected chi connectivity index (χ2v) is 4.63. The van der Waals surface area contributed by atoms with E-state index >= 15 is 0 Å². The first-order valence-electron chi connectivity index (χ1n) is 6.22. The monoisotopic (exact) mass is 308 g/mol. The first-order valence-corrected chi connectivity index (χ1v) is 6.59. The second kappa shape index (κ2) is 6.95. The van der Waals surface area contributed by atoms with E-state index in [1.54, 1.807) is 30.3 Å². The zero-order valence-corrected chi connectivity index (χ0v) is 12.1. The normalized spacial score (nSPS) is 10.0. The second-order valence-electron chi connectivity index (χ2n) is 4.23. The number of halogens is 2. The van der Waals surface area contributed by atoms with Crippen molar-refractivity contribution in [1.82, 2.24) is 0 Å². The molecule has 0 heterocycles. The van der Waals surface area contributed by atoms with Gasteiger partial charge in [0.2, 0.25) is 5.91 Å². The maximum atomic E-state index is 13.4. The summed E-state index contributed by atoms with van der Waals surface area (Å²) in [5.74, 6) is -0.235. The molecule has 0 atom stereocenters. The molecule has 0 radical (unpaired) electrons. The summed E-state index contributed by atoms with van der Waals surface area (Å²) < 4.78 is 18.5. The minimum Gasteiger partial charge on any atom is -0.497 e. The molecule has 2 aromatic carbocycles. The van der Waals surface area contributed by atoms with Gasteiger partial charge in [0.15, 0.2) is 0 Å². The standard InChI is InChI=1S/C15H14ClFN2O2/c1-21-10-6-7-11(16)14(8-10)18-9-15(20)19-13-5-3-2-4-12(13)17/h2-8,18H,9H2,1H3,(H,19,20). The molecular formula is C15H14ClFN2O2. The van der Waals surface area contributed by atoms with Gasteiger partial charge in [-0.3, -0.25) is 4.79 Å². The lowest BCUT2D eigenvalue weighted by molar-refractivity contribution is -0.114. The number of hydrogen-bond donors (Lipinski definition) is 2. The smallest absolute Gasteiger partial charge is 0.243 e. The summed E-state index contributed by atoms with van der Waals surface area (Å²) in [5.41, 5.74) is 0.709. The fourth-order valence-electron chi connectivity index (χ4n) is 1.70. The average Bonchev–Trinajstić information content (AvgIpc) is 2.49. The molecule has 0 saturated carbocycles. The van der Waals surface area contributed by atoms with E-state index in [0.29, 0.717) is 16.5 Å². The van der Waals surface area contributed by atoms with Crippen LogP contribution < -0.4 is 15.4 Å². The van der Waals surface area contributed by atoms with Crippen LogP contribution in [0, 0.1) is 5.82 Å². The van der Waals surface area contributed by atoms with Gasteiger partial charge in [-0.05, 0) is 24.3 Å². The van der Waals surface area contributed by atoms with E-state index in [9.17, 15) is 9.18 Å². The van der Waals surface area contributed by atoms with Gasteiger partial charge >= 0.3 is 0 Å². The maximum Gasteiger partial charge on any atom is 0.243 e. The Labute approximate surface area is 126 Å². The molecule has 0 fully saturated rings. The van der Waals surface area contributed by atoms with Crippen molar-refractivity contribution in [3.05, 3.63) is 53.3 Å². The summed E-state index contributed by atoms with van der Waals surface area (Å²) in [4.78, 5) is 11.8. The average molecular weight is 309 g/mol. The van der Waals surface area contributed by atoms with Gasteiger partial charge in [-0.15, -0.1) is 0 Å². The zero-order chi connectivity index (χ0) is 15.2. The Morgan fingerprint density at radius 1 is 1.24 bits per heavy atom. The highest BCUT2D eigenvalue weighted by atomic mass is 35.5. The Morgan fingerprint density at radius 3 is 2.71 bits per heavy atom. The molecule has 6 heteroatoms. The highest BCUT2D eigenvalue weighted by Gasteiger charge is 2.08. The fourth-order valence-corrected chi connectivity index (χ4v) is 1.88. The molecule has 4 nitrogen and oxygen atoms in total. The molecule has 2 aromatic rings. The molecule has 0 saturated heterocycles. The van der Waals surface area contributed by atoms with Crippen molar-refractivity contribution >= 4 is 28.9 Å². The van der Waals surface area contributed by atoms with Crippen LogP contribution in [-0.4, -0.2) is 19.6 Å². The van der Waals surface area contributed by atoms with E-state index in [1.165, 1.54) is 19.2 Å². The Kier molecular flexibility index (Phi) is 5.00. The van der Waals surface area contributed by atoms with E-state index in [-0.39, 0.29) is 18.1 Å². The molecule has 110 valence electrons. The van der Waals surface area contributed by atoms with Crippen LogP contribution in [0.4, 0.5) is 15.8 Å². The SMILES string of the molecule is COc1ccc(Cl)c(NCC(=O)Nc2ccccc2F)c1. The van der Waals surface area contributed by atoms with Crippen LogP contribution >= 0.6 is 11.6 Å². The van der Waals surface area contributed by atoms with Crippen LogP contribution in [0.25, 0.3) is 0 Å². The lowest BCUT2D eigenvalue weighted by atomic mass is 10.3. The first-order chi connectivity index (χ1) is 10.1. The number of carbonyl (C=O) groups excluding carboxylic acids is 1. The Morgan fingerprint density at radius 2 is 2.00 bits per heavy atom. The van der Waals surface area contributed by atoms with Gasteiger partial charge in [0, 0.05) is 6.07 Å². The number of hydrogen-bond acceptors (Lipinski definition) is 3. The number of benzene rings is 2. The van der Waals surface area contributed by atoms with E-state index in [0.717, 1.165) is 0 Å². The minimum atomic E-state index is -0.481. The molecule has 0 aliphatic carbocycles. The van der Waals surface area contributed by atoms with Crippen LogP contribution in [0.5, 0.6) is 5.75 Å². The van der Waals surface area contributed by atoms with Gasteiger partial charge in [0.1, 0.15) is 11.6 Å². The molecule has 0 bridgehead atoms. The van der Waals surface area contributed by atoms with Crippen LogP contribution in [0.2, 0.25) is 5.02 Å². The number of ether oxygens (including phenoxy) is 1. The molecule has 0 aromatic heterocycles. The lowest BCUT2D eigenvalue weighted by Gasteiger charge is -2.11. The topological polar surface area (TPSA) is 50.4 Å². The number of anilines is 2. The van der Waals surface area contributed by atoms with Crippen molar-refractivity contribution in [2.45, 2.75) is 0 Å². The van der Waals surface area contributed by atoms with Crippen molar-refractivity contribution < 1.29 is 13.9 Å². The number of para-hydroxylation sites is 1. The highest BCUT2D eigenvalue weighted by Crippen LogP contribution is 2.26. The quantitative estimate of drug-likeness (QED) is 0.888. The number of rotatable bonds is 5. The number of carbonyl (C=O) groups is 1. The van der Waals surface area contributed by atoms with Crippen LogP contribution in [0.1, 0.15) is 0 Å². The van der Waals surface area contributed by atoms with E-state index in [1.807, 2.05) is 0 Å². The Hall–Kier alpha value is -2.27. The molecule has 0 unspecified atom stereocenters. The van der Waals surface area contributed by atoms with Gasteiger partial charge in [-0.2, -0.15) is 0 Å². The third-order valence-electron chi connectivity index (χ3n) is 2.76. The number of amides is 1. The fraction of sp³-hybridized carbons (Fsp3) is 0.133. The minimum absolute atomic E-state index is 0.0405. The van der Waals surface area contributed by atoms with Crippen molar-refractivity contribution in [3.63, 3.8) is 0 Å². The summed E-state index contributed by atoms with van der Waals surface area (Å²) in [7, 11) is 1.54. The predicted molar refractivity (Wildman–Crippen MR) is 81.5 cm³/mol. The molecule has 0 spiro atoms. The van der Waals surface area contributed by atoms with E-state index < -0.39 is 5.82 Å². The molecule has 2 rings (SSSR count). The highest BCUT2D eigenvalue weighted by molar-refractivity contribution is 6.33. The molecular weight excluding hydrogens is 295 g/mol. The van der Waals surface area contributed by atoms with Crippen LogP contribution in [0.15, 0.2) is 42.5 Å². The molecule has 1 amide bonds. The Balaban J connectivity index is 1.97. The summed E-state index contributed by atoms with van der Waals surface area (Å²) in [6.45, 7) is -0.0405. The largest absolute Gasteiger partial charge is 0.497 e. The van der Waals surface area contributed by atoms with Gasteiger partial charge in [-0.25, -0.2) is 4.39 Å². The first kappa shape index (κ1) is 15.1. The summed E-state index contributed by atoms with van der Waals surface area (Å²) in [5, 5.41) is 5.83. The Bertz CT molecular complexity index is 649. The molecule has 2 N–H and O–H groups in total. The predicted octanol–water partition coefficient (Wildman–Crippen LogP) is 3.54. The van der Waals surface area contributed by atoms with Crippen molar-refractivity contribution in [2.75, 3.05) is 24.3 Å². The van der Waals surface area contributed by atoms with Gasteiger partial charge in [-0.1, -0.05) is 23.7 Å². The molecule has 0 aliphatic rings. The maximum absolute atomic E-state index is 13.4. The van der Waals surface area contributed by atoms with Crippen LogP contribution in [-0.2, 0) is 4.79 Å². The van der Waals surface area contributed by atoms with Crippen molar-refractivity contribution in [2.24, 2.45) is 0 Å². The van der Waals surface area contributed by atoms with Gasteiger partial charge in [0.05, 0.1) is 30.1 Å². The van der Waals surface area contributed by atoms with E-state index in [2.05, 4.69) is 10.6 Å². The van der Waals surface area contributed by atoms with E-state index in [4.69, 9.17) is 16.3 Å². The summed E-state index contributed by atoms with van der Waals surface area (Å²) in [6.07, 6.45) is 0. The zero-order valence-electron chi connectivity index (χ0n) is 11.3. The number of methoxy groups -OCH3 is 1. The summed E-state index contributed by atoms with van der Waals surface area (Å²) in [6, 6.07) is 11.0. The van der Waals surface area contributed by atoms with Crippen LogP contribution in [0.3, 0.4) is 0 Å². The van der Waals surface area contributed by atoms with Crippen molar-refractivity contribution in [3.8, 4) is 5.75 Å². The summed E-state index contributed by atoms with van der Waals surface area (Å²) >= 11 is 6.01. The van der Waals surface area contributed by atoms with Gasteiger partial charge in [0.25, 0.3) is 0 Å². The van der Waals surface area contributed by atoms with Gasteiger partial charge < -0.3 is 15.4 Å². The van der Waals surface area contributed by atoms with Crippen molar-refractivity contribution in [1.29, 1.82) is 0 Å². The molecule has 0 aliphatic heterocycles. The lowest BCUT2D eigenvalue weighted by Crippen LogP contribution is -2.22. The molecule has 21 heavy (non-hydrogen) atoms. The third-order valence-corrected chi connectivity index (χ3v) is 3.09. The third kappa shape index (κ3) is 4.10. The number of nitrogens with one attached hydrogen (secondary N) is 2.